The lowest BCUT2D eigenvalue weighted by Gasteiger charge is -2.22. The number of sulfonamides is 1. The van der Waals surface area contributed by atoms with Crippen LogP contribution in [0.3, 0.4) is 0 Å². The number of furan rings is 1. The van der Waals surface area contributed by atoms with Gasteiger partial charge in [-0.1, -0.05) is 18.2 Å². The number of nitrogens with zero attached hydrogens (tertiary/aromatic N) is 2. The summed E-state index contributed by atoms with van der Waals surface area (Å²) in [5.74, 6) is 0.937. The standard InChI is InChI=1S/C23H23N3O6S/c1-30-20-11-8-16(13-22(20)31-2)19-14-18(24-26(19)23(27)21-5-4-12-32-21)15-6-9-17(10-7-15)25-33(3,28)29/h4-13,19,25H,14H2,1-3H3/t19-/m1/s1. The molecule has 9 nitrogen and oxygen atoms in total. The van der Waals surface area contributed by atoms with Crippen LogP contribution in [0.4, 0.5) is 5.69 Å². The predicted molar refractivity (Wildman–Crippen MR) is 123 cm³/mol. The highest BCUT2D eigenvalue weighted by atomic mass is 32.2. The molecule has 0 saturated heterocycles. The largest absolute Gasteiger partial charge is 0.493 e. The number of ether oxygens (including phenoxy) is 2. The second-order valence-electron chi connectivity index (χ2n) is 7.46. The fourth-order valence-corrected chi connectivity index (χ4v) is 4.21. The van der Waals surface area contributed by atoms with E-state index in [0.29, 0.717) is 29.3 Å². The molecule has 1 atom stereocenters. The molecular formula is C23H23N3O6S. The van der Waals surface area contributed by atoms with Gasteiger partial charge in [-0.05, 0) is 47.5 Å². The molecule has 0 bridgehead atoms. The van der Waals surface area contributed by atoms with Gasteiger partial charge in [0.1, 0.15) is 0 Å². The summed E-state index contributed by atoms with van der Waals surface area (Å²) in [7, 11) is -0.267. The fraction of sp³-hybridized carbons (Fsp3) is 0.217. The van der Waals surface area contributed by atoms with Crippen LogP contribution < -0.4 is 14.2 Å². The van der Waals surface area contributed by atoms with E-state index in [9.17, 15) is 13.2 Å². The third-order valence-electron chi connectivity index (χ3n) is 5.16. The Morgan fingerprint density at radius 3 is 2.42 bits per heavy atom. The minimum Gasteiger partial charge on any atom is -0.493 e. The molecule has 172 valence electrons. The normalized spacial score (nSPS) is 15.8. The van der Waals surface area contributed by atoms with Crippen LogP contribution in [0.25, 0.3) is 0 Å². The molecule has 0 radical (unpaired) electrons. The van der Waals surface area contributed by atoms with Gasteiger partial charge in [-0.3, -0.25) is 9.52 Å². The van der Waals surface area contributed by atoms with Gasteiger partial charge >= 0.3 is 5.91 Å². The van der Waals surface area contributed by atoms with E-state index in [2.05, 4.69) is 9.82 Å². The van der Waals surface area contributed by atoms with E-state index in [1.807, 2.05) is 12.1 Å². The Kier molecular flexibility index (Phi) is 6.10. The van der Waals surface area contributed by atoms with Crippen LogP contribution >= 0.6 is 0 Å². The lowest BCUT2D eigenvalue weighted by molar-refractivity contribution is 0.0678. The Morgan fingerprint density at radius 1 is 1.09 bits per heavy atom. The number of hydrogen-bond acceptors (Lipinski definition) is 7. The third kappa shape index (κ3) is 4.85. The first kappa shape index (κ1) is 22.4. The lowest BCUT2D eigenvalue weighted by Crippen LogP contribution is -2.26. The highest BCUT2D eigenvalue weighted by Gasteiger charge is 2.35. The van der Waals surface area contributed by atoms with Crippen molar-refractivity contribution in [1.29, 1.82) is 0 Å². The Balaban J connectivity index is 1.69. The molecule has 0 spiro atoms. The molecule has 0 aliphatic carbocycles. The number of nitrogens with one attached hydrogen (secondary N) is 1. The number of methoxy groups -OCH3 is 2. The molecule has 1 N–H and O–H groups in total. The topological polar surface area (TPSA) is 110 Å². The second-order valence-corrected chi connectivity index (χ2v) is 9.21. The Hall–Kier alpha value is -3.79. The van der Waals surface area contributed by atoms with Crippen molar-refractivity contribution in [3.63, 3.8) is 0 Å². The monoisotopic (exact) mass is 469 g/mol. The van der Waals surface area contributed by atoms with E-state index in [1.54, 1.807) is 56.7 Å². The molecular weight excluding hydrogens is 446 g/mol. The second kappa shape index (κ2) is 8.99. The van der Waals surface area contributed by atoms with Gasteiger partial charge in [-0.25, -0.2) is 13.4 Å². The maximum absolute atomic E-state index is 13.1. The molecule has 0 saturated carbocycles. The van der Waals surface area contributed by atoms with Gasteiger partial charge in [-0.15, -0.1) is 0 Å². The van der Waals surface area contributed by atoms with Crippen LogP contribution in [0.2, 0.25) is 0 Å². The summed E-state index contributed by atoms with van der Waals surface area (Å²) < 4.78 is 41.4. The van der Waals surface area contributed by atoms with Gasteiger partial charge < -0.3 is 13.9 Å². The Bertz CT molecular complexity index is 1280. The van der Waals surface area contributed by atoms with Gasteiger partial charge in [0.2, 0.25) is 10.0 Å². The average molecular weight is 470 g/mol. The van der Waals surface area contributed by atoms with Gasteiger partial charge in [0, 0.05) is 12.1 Å². The molecule has 33 heavy (non-hydrogen) atoms. The molecule has 0 fully saturated rings. The van der Waals surface area contributed by atoms with E-state index in [4.69, 9.17) is 13.9 Å². The maximum Gasteiger partial charge on any atom is 0.310 e. The summed E-state index contributed by atoms with van der Waals surface area (Å²) in [6.45, 7) is 0. The molecule has 10 heteroatoms. The van der Waals surface area contributed by atoms with Crippen LogP contribution in [-0.4, -0.2) is 45.5 Å². The van der Waals surface area contributed by atoms with Crippen molar-refractivity contribution < 1.29 is 27.1 Å². The van der Waals surface area contributed by atoms with E-state index in [0.717, 1.165) is 17.4 Å². The summed E-state index contributed by atoms with van der Waals surface area (Å²) >= 11 is 0. The van der Waals surface area contributed by atoms with Gasteiger partial charge in [0.05, 0.1) is 38.5 Å². The molecule has 1 aliphatic heterocycles. The van der Waals surface area contributed by atoms with Crippen molar-refractivity contribution >= 4 is 27.3 Å². The zero-order chi connectivity index (χ0) is 23.6. The molecule has 0 unspecified atom stereocenters. The Morgan fingerprint density at radius 2 is 1.82 bits per heavy atom. The predicted octanol–water partition coefficient (Wildman–Crippen LogP) is 3.66. The van der Waals surface area contributed by atoms with Crippen molar-refractivity contribution in [3.8, 4) is 11.5 Å². The van der Waals surface area contributed by atoms with E-state index in [-0.39, 0.29) is 11.7 Å². The number of hydrazone groups is 1. The minimum absolute atomic E-state index is 0.179. The summed E-state index contributed by atoms with van der Waals surface area (Å²) in [5, 5.41) is 6.00. The molecule has 2 heterocycles. The summed E-state index contributed by atoms with van der Waals surface area (Å²) in [4.78, 5) is 13.1. The summed E-state index contributed by atoms with van der Waals surface area (Å²) in [5.41, 5.74) is 2.72. The molecule has 3 aromatic rings. The summed E-state index contributed by atoms with van der Waals surface area (Å²) in [6.07, 6.45) is 2.97. The number of rotatable bonds is 7. The molecule has 2 aromatic carbocycles. The van der Waals surface area contributed by atoms with Crippen LogP contribution in [-0.2, 0) is 10.0 Å². The van der Waals surface area contributed by atoms with Crippen molar-refractivity contribution in [2.24, 2.45) is 5.10 Å². The Labute approximate surface area is 191 Å². The summed E-state index contributed by atoms with van der Waals surface area (Å²) in [6, 6.07) is 15.1. The van der Waals surface area contributed by atoms with Gasteiger partial charge in [0.25, 0.3) is 0 Å². The number of carbonyl (C=O) groups is 1. The number of carbonyl (C=O) groups excluding carboxylic acids is 1. The zero-order valence-electron chi connectivity index (χ0n) is 18.3. The van der Waals surface area contributed by atoms with Crippen LogP contribution in [0.1, 0.15) is 34.1 Å². The lowest BCUT2D eigenvalue weighted by atomic mass is 9.98. The third-order valence-corrected chi connectivity index (χ3v) is 5.77. The molecule has 4 rings (SSSR count). The SMILES string of the molecule is COc1ccc([C@H]2CC(c3ccc(NS(C)(=O)=O)cc3)=NN2C(=O)c2ccco2)cc1OC. The van der Waals surface area contributed by atoms with Crippen LogP contribution in [0.5, 0.6) is 11.5 Å². The van der Waals surface area contributed by atoms with E-state index in [1.165, 1.54) is 11.3 Å². The van der Waals surface area contributed by atoms with Gasteiger partial charge in [-0.2, -0.15) is 5.10 Å². The van der Waals surface area contributed by atoms with Crippen LogP contribution in [0, 0.1) is 0 Å². The number of benzene rings is 2. The quantitative estimate of drug-likeness (QED) is 0.565. The van der Waals surface area contributed by atoms with E-state index >= 15 is 0 Å². The van der Waals surface area contributed by atoms with Crippen molar-refractivity contribution in [1.82, 2.24) is 5.01 Å². The van der Waals surface area contributed by atoms with Crippen molar-refractivity contribution in [2.45, 2.75) is 12.5 Å². The zero-order valence-corrected chi connectivity index (χ0v) is 19.1. The first-order valence-corrected chi connectivity index (χ1v) is 11.9. The molecule has 1 aliphatic rings. The molecule has 1 aromatic heterocycles. The van der Waals surface area contributed by atoms with Crippen molar-refractivity contribution in [3.05, 3.63) is 77.7 Å². The molecule has 1 amide bonds. The maximum atomic E-state index is 13.1. The smallest absolute Gasteiger partial charge is 0.310 e. The van der Waals surface area contributed by atoms with Gasteiger partial charge in [0.15, 0.2) is 17.3 Å². The average Bonchev–Trinajstić information content (AvgIpc) is 3.48. The van der Waals surface area contributed by atoms with Crippen LogP contribution in [0.15, 0.2) is 70.4 Å². The number of amides is 1. The van der Waals surface area contributed by atoms with E-state index < -0.39 is 16.1 Å². The highest BCUT2D eigenvalue weighted by molar-refractivity contribution is 7.92. The first-order valence-electron chi connectivity index (χ1n) is 10.0. The minimum atomic E-state index is -3.38. The first-order chi connectivity index (χ1) is 15.8. The number of hydrogen-bond donors (Lipinski definition) is 1. The van der Waals surface area contributed by atoms with Crippen molar-refractivity contribution in [2.75, 3.05) is 25.2 Å². The fourth-order valence-electron chi connectivity index (χ4n) is 3.65. The highest BCUT2D eigenvalue weighted by Crippen LogP contribution is 2.38. The number of anilines is 1.